The molecular weight excluding hydrogens is 416 g/mol. The number of hydrogen-bond acceptors (Lipinski definition) is 3. The summed E-state index contributed by atoms with van der Waals surface area (Å²) in [6.07, 6.45) is 0. The van der Waals surface area contributed by atoms with Crippen molar-refractivity contribution in [3.05, 3.63) is 63.2 Å². The predicted molar refractivity (Wildman–Crippen MR) is 148 cm³/mol. The SMILES string of the molecule is Cc1c(C(C)C)cc(CN(CCN(C)C)Cc2cc(C(C)C)c(O)c(C(C)C)c2)cc1C(C)C. The summed E-state index contributed by atoms with van der Waals surface area (Å²) in [5.74, 6) is 2.12. The highest BCUT2D eigenvalue weighted by Gasteiger charge is 2.18. The highest BCUT2D eigenvalue weighted by Crippen LogP contribution is 2.35. The standard InChI is InChI=1S/C31H50N2O/c1-20(2)27-14-25(15-28(21(3)4)24(27)9)18-33(13-12-32(10)11)19-26-16-29(22(5)6)31(34)30(17-26)23(7)8/h14-17,20-23,34H,12-13,18-19H2,1-11H3. The number of phenolic OH excluding ortho intramolecular Hbond substituents is 1. The number of rotatable bonds is 11. The lowest BCUT2D eigenvalue weighted by Crippen LogP contribution is -2.31. The van der Waals surface area contributed by atoms with E-state index in [-0.39, 0.29) is 0 Å². The first-order valence-corrected chi connectivity index (χ1v) is 13.2. The van der Waals surface area contributed by atoms with Gasteiger partial charge in [0.15, 0.2) is 0 Å². The zero-order valence-corrected chi connectivity index (χ0v) is 23.8. The summed E-state index contributed by atoms with van der Waals surface area (Å²) in [5, 5.41) is 10.9. The molecule has 0 aromatic heterocycles. The molecule has 0 fully saturated rings. The van der Waals surface area contributed by atoms with Crippen molar-refractivity contribution in [2.45, 2.75) is 99.1 Å². The Morgan fingerprint density at radius 3 is 1.29 bits per heavy atom. The van der Waals surface area contributed by atoms with Crippen LogP contribution >= 0.6 is 0 Å². The Bertz CT molecular complexity index is 811. The number of likely N-dealkylation sites (N-methyl/N-ethyl adjacent to an activating group) is 1. The molecule has 0 aliphatic rings. The van der Waals surface area contributed by atoms with E-state index in [1.807, 2.05) is 0 Å². The Morgan fingerprint density at radius 2 is 0.971 bits per heavy atom. The Balaban J connectivity index is 2.47. The van der Waals surface area contributed by atoms with Crippen LogP contribution in [0.1, 0.15) is 118 Å². The summed E-state index contributed by atoms with van der Waals surface area (Å²) in [6.45, 7) is 24.0. The molecule has 0 aliphatic carbocycles. The normalized spacial score (nSPS) is 12.4. The number of aromatic hydroxyl groups is 1. The second-order valence-corrected chi connectivity index (χ2v) is 11.7. The maximum absolute atomic E-state index is 10.9. The van der Waals surface area contributed by atoms with Crippen molar-refractivity contribution in [2.24, 2.45) is 0 Å². The van der Waals surface area contributed by atoms with Gasteiger partial charge in [-0.15, -0.1) is 0 Å². The van der Waals surface area contributed by atoms with Gasteiger partial charge in [0, 0.05) is 26.2 Å². The van der Waals surface area contributed by atoms with Crippen LogP contribution in [-0.2, 0) is 13.1 Å². The van der Waals surface area contributed by atoms with Crippen LogP contribution in [0.15, 0.2) is 24.3 Å². The van der Waals surface area contributed by atoms with Gasteiger partial charge in [0.2, 0.25) is 0 Å². The van der Waals surface area contributed by atoms with E-state index in [0.717, 1.165) is 37.3 Å². The lowest BCUT2D eigenvalue weighted by Gasteiger charge is -2.27. The fourth-order valence-electron chi connectivity index (χ4n) is 4.90. The molecule has 34 heavy (non-hydrogen) atoms. The molecular formula is C31H50N2O. The summed E-state index contributed by atoms with van der Waals surface area (Å²) >= 11 is 0. The lowest BCUT2D eigenvalue weighted by molar-refractivity contribution is 0.226. The molecule has 0 amide bonds. The summed E-state index contributed by atoms with van der Waals surface area (Å²) in [5.41, 5.74) is 9.23. The molecule has 0 bridgehead atoms. The fourth-order valence-corrected chi connectivity index (χ4v) is 4.90. The first-order chi connectivity index (χ1) is 15.8. The number of benzene rings is 2. The van der Waals surface area contributed by atoms with Crippen LogP contribution < -0.4 is 0 Å². The van der Waals surface area contributed by atoms with Crippen LogP contribution in [0, 0.1) is 6.92 Å². The molecule has 0 atom stereocenters. The zero-order chi connectivity index (χ0) is 25.7. The van der Waals surface area contributed by atoms with E-state index in [4.69, 9.17) is 0 Å². The third-order valence-electron chi connectivity index (χ3n) is 6.94. The topological polar surface area (TPSA) is 26.7 Å². The minimum Gasteiger partial charge on any atom is -0.507 e. The van der Waals surface area contributed by atoms with Gasteiger partial charge in [-0.2, -0.15) is 0 Å². The third-order valence-corrected chi connectivity index (χ3v) is 6.94. The van der Waals surface area contributed by atoms with E-state index in [2.05, 4.69) is 110 Å². The van der Waals surface area contributed by atoms with E-state index < -0.39 is 0 Å². The fraction of sp³-hybridized carbons (Fsp3) is 0.613. The van der Waals surface area contributed by atoms with Crippen LogP contribution in [0.5, 0.6) is 5.75 Å². The number of nitrogens with zero attached hydrogens (tertiary/aromatic N) is 2. The summed E-state index contributed by atoms with van der Waals surface area (Å²) in [6, 6.07) is 9.32. The van der Waals surface area contributed by atoms with Gasteiger partial charge in [0.25, 0.3) is 0 Å². The maximum atomic E-state index is 10.9. The average molecular weight is 467 g/mol. The number of hydrogen-bond donors (Lipinski definition) is 1. The third kappa shape index (κ3) is 7.33. The second-order valence-electron chi connectivity index (χ2n) is 11.7. The van der Waals surface area contributed by atoms with Gasteiger partial charge < -0.3 is 10.0 Å². The Kier molecular flexibility index (Phi) is 10.2. The van der Waals surface area contributed by atoms with Crippen molar-refractivity contribution < 1.29 is 5.11 Å². The van der Waals surface area contributed by atoms with Crippen molar-refractivity contribution in [1.82, 2.24) is 9.80 Å². The molecule has 190 valence electrons. The Hall–Kier alpha value is -1.84. The van der Waals surface area contributed by atoms with E-state index >= 15 is 0 Å². The molecule has 0 saturated carbocycles. The minimum absolute atomic E-state index is 0.298. The molecule has 0 radical (unpaired) electrons. The van der Waals surface area contributed by atoms with Crippen molar-refractivity contribution in [1.29, 1.82) is 0 Å². The van der Waals surface area contributed by atoms with Crippen LogP contribution in [0.2, 0.25) is 0 Å². The average Bonchev–Trinajstić information content (AvgIpc) is 2.73. The van der Waals surface area contributed by atoms with E-state index in [1.165, 1.54) is 27.8 Å². The van der Waals surface area contributed by atoms with Gasteiger partial charge in [0.1, 0.15) is 5.75 Å². The van der Waals surface area contributed by atoms with Crippen molar-refractivity contribution in [3.63, 3.8) is 0 Å². The highest BCUT2D eigenvalue weighted by molar-refractivity contribution is 5.47. The predicted octanol–water partition coefficient (Wildman–Crippen LogP) is 7.76. The maximum Gasteiger partial charge on any atom is 0.122 e. The van der Waals surface area contributed by atoms with Crippen LogP contribution in [-0.4, -0.2) is 42.1 Å². The summed E-state index contributed by atoms with van der Waals surface area (Å²) < 4.78 is 0. The first-order valence-electron chi connectivity index (χ1n) is 13.2. The second kappa shape index (κ2) is 12.2. The van der Waals surface area contributed by atoms with E-state index in [0.29, 0.717) is 29.4 Å². The molecule has 3 heteroatoms. The van der Waals surface area contributed by atoms with Gasteiger partial charge in [0.05, 0.1) is 0 Å². The minimum atomic E-state index is 0.298. The number of phenols is 1. The molecule has 2 aromatic rings. The molecule has 0 spiro atoms. The van der Waals surface area contributed by atoms with Crippen molar-refractivity contribution >= 4 is 0 Å². The molecule has 3 nitrogen and oxygen atoms in total. The smallest absolute Gasteiger partial charge is 0.122 e. The van der Waals surface area contributed by atoms with Crippen molar-refractivity contribution in [3.8, 4) is 5.75 Å². The molecule has 0 saturated heterocycles. The Labute approximate surface area is 210 Å². The van der Waals surface area contributed by atoms with Crippen LogP contribution in [0.3, 0.4) is 0 Å². The molecule has 0 unspecified atom stereocenters. The zero-order valence-electron chi connectivity index (χ0n) is 23.8. The summed E-state index contributed by atoms with van der Waals surface area (Å²) in [4.78, 5) is 4.83. The van der Waals surface area contributed by atoms with Crippen LogP contribution in [0.25, 0.3) is 0 Å². The molecule has 2 rings (SSSR count). The highest BCUT2D eigenvalue weighted by atomic mass is 16.3. The van der Waals surface area contributed by atoms with E-state index in [9.17, 15) is 5.11 Å². The van der Waals surface area contributed by atoms with Gasteiger partial charge >= 0.3 is 0 Å². The van der Waals surface area contributed by atoms with E-state index in [1.54, 1.807) is 0 Å². The monoisotopic (exact) mass is 466 g/mol. The van der Waals surface area contributed by atoms with Crippen molar-refractivity contribution in [2.75, 3.05) is 27.2 Å². The molecule has 0 heterocycles. The van der Waals surface area contributed by atoms with Gasteiger partial charge in [-0.3, -0.25) is 4.90 Å². The Morgan fingerprint density at radius 1 is 0.618 bits per heavy atom. The van der Waals surface area contributed by atoms with Crippen LogP contribution in [0.4, 0.5) is 0 Å². The molecule has 2 aromatic carbocycles. The van der Waals surface area contributed by atoms with Gasteiger partial charge in [-0.1, -0.05) is 79.7 Å². The quantitative estimate of drug-likeness (QED) is 0.366. The summed E-state index contributed by atoms with van der Waals surface area (Å²) in [7, 11) is 4.29. The van der Waals surface area contributed by atoms with Gasteiger partial charge in [-0.25, -0.2) is 0 Å². The molecule has 0 aliphatic heterocycles. The van der Waals surface area contributed by atoms with Gasteiger partial charge in [-0.05, 0) is 83.6 Å². The molecule has 1 N–H and O–H groups in total. The lowest BCUT2D eigenvalue weighted by atomic mass is 9.87. The largest absolute Gasteiger partial charge is 0.507 e. The first kappa shape index (κ1) is 28.4.